The number of likely N-dealkylation sites (N-methyl/N-ethyl adjacent to an activating group) is 1. The van der Waals surface area contributed by atoms with Crippen molar-refractivity contribution in [3.8, 4) is 0 Å². The summed E-state index contributed by atoms with van der Waals surface area (Å²) in [5.41, 5.74) is 0. The number of quaternary nitrogens is 1. The fourth-order valence-electron chi connectivity index (χ4n) is 9.83. The van der Waals surface area contributed by atoms with Gasteiger partial charge in [-0.3, -0.25) is 9.59 Å². The quantitative estimate of drug-likeness (QED) is 0.0195. The van der Waals surface area contributed by atoms with Crippen molar-refractivity contribution < 1.29 is 42.9 Å². The summed E-state index contributed by atoms with van der Waals surface area (Å²) in [6.07, 6.45) is 84.1. The molecule has 2 atom stereocenters. The highest BCUT2D eigenvalue weighted by Gasteiger charge is 2.22. The molecule has 0 saturated carbocycles. The number of aliphatic carboxylic acids is 1. The fourth-order valence-corrected chi connectivity index (χ4v) is 9.83. The SMILES string of the molecule is CC/C=C\C/C=C\C/C=C\C/C=C\C/C=C\C/C=C\CCCCC(=O)OC(COC(=O)CCCCCCCCCCCCCCCCCCCCCCCCCCC/C=C\CCCCCCCCCC)COC(OCC[N+](C)(C)C)C(=O)[O-]. The molecule has 0 rings (SSSR count). The molecule has 0 aliphatic heterocycles. The van der Waals surface area contributed by atoms with E-state index in [0.29, 0.717) is 17.4 Å². The molecule has 0 aromatic carbocycles. The van der Waals surface area contributed by atoms with E-state index in [2.05, 4.69) is 98.9 Å². The molecule has 2 unspecified atom stereocenters. The second kappa shape index (κ2) is 64.5. The van der Waals surface area contributed by atoms with Crippen LogP contribution in [-0.4, -0.2) is 82.3 Å². The molecular formula is C74H131NO8. The Balaban J connectivity index is 4.05. The monoisotopic (exact) mass is 1160 g/mol. The van der Waals surface area contributed by atoms with Crippen molar-refractivity contribution in [2.75, 3.05) is 47.5 Å². The number of carboxylic acid groups (broad SMARTS) is 1. The Labute approximate surface area is 512 Å². The number of nitrogens with zero attached hydrogens (tertiary/aromatic N) is 1. The van der Waals surface area contributed by atoms with E-state index in [1.807, 2.05) is 21.1 Å². The largest absolute Gasteiger partial charge is 0.545 e. The van der Waals surface area contributed by atoms with Crippen molar-refractivity contribution in [3.05, 3.63) is 85.1 Å². The Bertz CT molecular complexity index is 1640. The Morgan fingerprint density at radius 1 is 0.373 bits per heavy atom. The predicted octanol–water partition coefficient (Wildman–Crippen LogP) is 20.1. The van der Waals surface area contributed by atoms with Gasteiger partial charge in [0.15, 0.2) is 12.4 Å². The molecule has 0 aliphatic rings. The summed E-state index contributed by atoms with van der Waals surface area (Å²) in [6.45, 7) is 4.61. The third-order valence-electron chi connectivity index (χ3n) is 15.1. The maximum Gasteiger partial charge on any atom is 0.306 e. The molecule has 0 spiro atoms. The van der Waals surface area contributed by atoms with Crippen molar-refractivity contribution in [1.29, 1.82) is 0 Å². The van der Waals surface area contributed by atoms with E-state index in [1.54, 1.807) is 0 Å². The highest BCUT2D eigenvalue weighted by molar-refractivity contribution is 5.70. The number of unbranched alkanes of at least 4 members (excludes halogenated alkanes) is 35. The van der Waals surface area contributed by atoms with Gasteiger partial charge in [0.05, 0.1) is 40.3 Å². The predicted molar refractivity (Wildman–Crippen MR) is 352 cm³/mol. The number of esters is 2. The second-order valence-corrected chi connectivity index (χ2v) is 24.4. The lowest BCUT2D eigenvalue weighted by atomic mass is 10.0. The second-order valence-electron chi connectivity index (χ2n) is 24.4. The van der Waals surface area contributed by atoms with Crippen molar-refractivity contribution in [2.24, 2.45) is 0 Å². The number of carboxylic acids is 1. The first-order valence-corrected chi connectivity index (χ1v) is 34.7. The van der Waals surface area contributed by atoms with Crippen LogP contribution in [0.4, 0.5) is 0 Å². The number of hydrogen-bond acceptors (Lipinski definition) is 8. The van der Waals surface area contributed by atoms with Crippen LogP contribution in [0.1, 0.15) is 309 Å². The van der Waals surface area contributed by atoms with Gasteiger partial charge in [0.2, 0.25) is 0 Å². The molecule has 0 saturated heterocycles. The summed E-state index contributed by atoms with van der Waals surface area (Å²) in [4.78, 5) is 37.4. The molecule has 0 radical (unpaired) electrons. The number of rotatable bonds is 64. The average Bonchev–Trinajstić information content (AvgIpc) is 3.46. The van der Waals surface area contributed by atoms with Gasteiger partial charge in [-0.1, -0.05) is 292 Å². The van der Waals surface area contributed by atoms with E-state index in [4.69, 9.17) is 18.9 Å². The molecule has 83 heavy (non-hydrogen) atoms. The third-order valence-corrected chi connectivity index (χ3v) is 15.1. The first-order valence-electron chi connectivity index (χ1n) is 34.7. The lowest BCUT2D eigenvalue weighted by molar-refractivity contribution is -0.870. The van der Waals surface area contributed by atoms with Crippen LogP contribution < -0.4 is 5.11 Å². The standard InChI is InChI=1S/C74H131NO8/c1-6-8-10-12-14-16-18-20-22-24-26-28-29-30-31-32-33-34-35-36-37-38-39-40-41-42-43-45-46-48-50-52-54-56-58-60-62-64-71(76)81-68-70(69-82-74(73(78)79)80-67-66-75(3,4)5)83-72(77)65-63-61-59-57-55-53-51-49-47-44-27-25-23-21-19-17-15-13-11-9-7-2/h9,11,15,17,21,23-24,26-27,44,49,51,55,57,70,74H,6-8,10,12-14,16,18-20,22,25,28-43,45-48,50,52-54,56,58-69H2,1-5H3/b11-9-,17-15-,23-21-,26-24-,44-27-,51-49-,57-55-. The number of ether oxygens (including phenoxy) is 4. The van der Waals surface area contributed by atoms with Crippen LogP contribution in [0.25, 0.3) is 0 Å². The van der Waals surface area contributed by atoms with E-state index in [0.717, 1.165) is 70.6 Å². The molecule has 480 valence electrons. The van der Waals surface area contributed by atoms with E-state index in [-0.39, 0.29) is 38.6 Å². The summed E-state index contributed by atoms with van der Waals surface area (Å²) < 4.78 is 22.7. The van der Waals surface area contributed by atoms with E-state index in [1.165, 1.54) is 205 Å². The van der Waals surface area contributed by atoms with E-state index >= 15 is 0 Å². The summed E-state index contributed by atoms with van der Waals surface area (Å²) >= 11 is 0. The van der Waals surface area contributed by atoms with Crippen molar-refractivity contribution in [3.63, 3.8) is 0 Å². The minimum absolute atomic E-state index is 0.136. The topological polar surface area (TPSA) is 111 Å². The van der Waals surface area contributed by atoms with E-state index in [9.17, 15) is 19.5 Å². The zero-order chi connectivity index (χ0) is 60.5. The summed E-state index contributed by atoms with van der Waals surface area (Å²) in [5.74, 6) is -2.34. The Morgan fingerprint density at radius 3 is 1.06 bits per heavy atom. The fraction of sp³-hybridized carbons (Fsp3) is 0.770. The molecule has 0 aliphatic carbocycles. The molecule has 0 aromatic rings. The normalized spacial score (nSPS) is 13.2. The van der Waals surface area contributed by atoms with Crippen LogP contribution in [-0.2, 0) is 33.3 Å². The number of carbonyl (C=O) groups excluding carboxylic acids is 3. The smallest absolute Gasteiger partial charge is 0.306 e. The Hall–Kier alpha value is -3.53. The van der Waals surface area contributed by atoms with Gasteiger partial charge < -0.3 is 33.3 Å². The molecule has 0 amide bonds. The highest BCUT2D eigenvalue weighted by atomic mass is 16.7. The van der Waals surface area contributed by atoms with Crippen LogP contribution in [0.3, 0.4) is 0 Å². The van der Waals surface area contributed by atoms with Gasteiger partial charge in [0, 0.05) is 12.8 Å². The van der Waals surface area contributed by atoms with Crippen LogP contribution in [0.15, 0.2) is 85.1 Å². The summed E-state index contributed by atoms with van der Waals surface area (Å²) in [7, 11) is 5.91. The Morgan fingerprint density at radius 2 is 0.687 bits per heavy atom. The van der Waals surface area contributed by atoms with E-state index < -0.39 is 24.3 Å². The summed E-state index contributed by atoms with van der Waals surface area (Å²) in [6, 6.07) is 0. The van der Waals surface area contributed by atoms with Crippen molar-refractivity contribution in [1.82, 2.24) is 0 Å². The minimum atomic E-state index is -1.64. The molecule has 0 heterocycles. The Kier molecular flexibility index (Phi) is 61.7. The lowest BCUT2D eigenvalue weighted by Gasteiger charge is -2.26. The van der Waals surface area contributed by atoms with Crippen molar-refractivity contribution in [2.45, 2.75) is 322 Å². The molecular weight excluding hydrogens is 1030 g/mol. The van der Waals surface area contributed by atoms with Gasteiger partial charge in [-0.05, 0) is 89.9 Å². The van der Waals surface area contributed by atoms with Crippen LogP contribution >= 0.6 is 0 Å². The third kappa shape index (κ3) is 65.9. The lowest BCUT2D eigenvalue weighted by Crippen LogP contribution is -2.44. The molecule has 9 nitrogen and oxygen atoms in total. The first kappa shape index (κ1) is 79.5. The zero-order valence-electron chi connectivity index (χ0n) is 54.8. The number of allylic oxidation sites excluding steroid dienone is 14. The zero-order valence-corrected chi connectivity index (χ0v) is 54.8. The molecule has 0 N–H and O–H groups in total. The van der Waals surface area contributed by atoms with Gasteiger partial charge in [-0.2, -0.15) is 0 Å². The van der Waals surface area contributed by atoms with Crippen LogP contribution in [0.2, 0.25) is 0 Å². The number of carbonyl (C=O) groups is 3. The highest BCUT2D eigenvalue weighted by Crippen LogP contribution is 2.18. The van der Waals surface area contributed by atoms with Gasteiger partial charge in [-0.15, -0.1) is 0 Å². The average molecular weight is 1160 g/mol. The van der Waals surface area contributed by atoms with Gasteiger partial charge in [0.1, 0.15) is 13.2 Å². The summed E-state index contributed by atoms with van der Waals surface area (Å²) in [5, 5.41) is 11.8. The number of hydrogen-bond donors (Lipinski definition) is 0. The van der Waals surface area contributed by atoms with Gasteiger partial charge in [0.25, 0.3) is 0 Å². The van der Waals surface area contributed by atoms with Gasteiger partial charge >= 0.3 is 11.9 Å². The van der Waals surface area contributed by atoms with Crippen LogP contribution in [0.5, 0.6) is 0 Å². The minimum Gasteiger partial charge on any atom is -0.545 e. The maximum atomic E-state index is 12.9. The first-order chi connectivity index (χ1) is 40.6. The molecule has 9 heteroatoms. The van der Waals surface area contributed by atoms with Crippen LogP contribution in [0, 0.1) is 0 Å². The maximum absolute atomic E-state index is 12.9. The van der Waals surface area contributed by atoms with Gasteiger partial charge in [-0.25, -0.2) is 0 Å². The van der Waals surface area contributed by atoms with Crippen molar-refractivity contribution >= 4 is 17.9 Å². The molecule has 0 bridgehead atoms. The molecule has 0 aromatic heterocycles. The molecule has 0 fully saturated rings.